The maximum Gasteiger partial charge on any atom is -0.0176 e. The Morgan fingerprint density at radius 2 is 1.50 bits per heavy atom. The molecule has 0 aromatic rings. The van der Waals surface area contributed by atoms with Crippen LogP contribution in [0.3, 0.4) is 0 Å². The molecule has 0 N–H and O–H groups in total. The van der Waals surface area contributed by atoms with E-state index in [1.807, 2.05) is 0 Å². The summed E-state index contributed by atoms with van der Waals surface area (Å²) in [6.07, 6.45) is 2.43. The molecule has 0 aliphatic heterocycles. The van der Waals surface area contributed by atoms with E-state index in [-0.39, 0.29) is 5.41 Å². The molecule has 0 heterocycles. The first kappa shape index (κ1) is 13.7. The van der Waals surface area contributed by atoms with Gasteiger partial charge in [-0.1, -0.05) is 60.6 Å². The number of rotatable bonds is 3. The Kier molecular flexibility index (Phi) is 4.42. The Labute approximate surface area is 90.8 Å². The van der Waals surface area contributed by atoms with Crippen molar-refractivity contribution in [1.29, 1.82) is 0 Å². The van der Waals surface area contributed by atoms with Crippen molar-refractivity contribution in [1.82, 2.24) is 0 Å². The molecule has 1 unspecified atom stereocenters. The molecule has 0 bridgehead atoms. The van der Waals surface area contributed by atoms with E-state index in [0.717, 1.165) is 5.92 Å². The summed E-state index contributed by atoms with van der Waals surface area (Å²) in [4.78, 5) is 0. The first-order chi connectivity index (χ1) is 6.05. The highest BCUT2D eigenvalue weighted by molar-refractivity contribution is 5.05. The van der Waals surface area contributed by atoms with Gasteiger partial charge in [-0.2, -0.15) is 0 Å². The van der Waals surface area contributed by atoms with E-state index >= 15 is 0 Å². The Balaban J connectivity index is 4.03. The molecule has 0 aromatic heterocycles. The van der Waals surface area contributed by atoms with Crippen molar-refractivity contribution in [3.05, 3.63) is 12.2 Å². The Morgan fingerprint density at radius 3 is 1.79 bits per heavy atom. The van der Waals surface area contributed by atoms with Crippen LogP contribution < -0.4 is 0 Å². The average molecular weight is 196 g/mol. The predicted octanol–water partition coefficient (Wildman–Crippen LogP) is 5.05. The Hall–Kier alpha value is -0.260. The summed E-state index contributed by atoms with van der Waals surface area (Å²) in [5.41, 5.74) is 2.09. The highest BCUT2D eigenvalue weighted by Gasteiger charge is 2.21. The van der Waals surface area contributed by atoms with Crippen molar-refractivity contribution in [3.8, 4) is 0 Å². The maximum atomic E-state index is 4.18. The van der Waals surface area contributed by atoms with Crippen LogP contribution in [-0.2, 0) is 0 Å². The Morgan fingerprint density at radius 1 is 1.07 bits per heavy atom. The zero-order chi connectivity index (χ0) is 11.6. The molecular formula is C14H28. The smallest absolute Gasteiger partial charge is 0.0176 e. The maximum absolute atomic E-state index is 4.18. The third-order valence-electron chi connectivity index (χ3n) is 3.42. The monoisotopic (exact) mass is 196 g/mol. The SMILES string of the molecule is C=C(CCC(C)C(C)(C)C)C(C)(C)C. The van der Waals surface area contributed by atoms with Crippen LogP contribution in [0.25, 0.3) is 0 Å². The second kappa shape index (κ2) is 4.51. The summed E-state index contributed by atoms with van der Waals surface area (Å²) in [5.74, 6) is 0.765. The van der Waals surface area contributed by atoms with Crippen LogP contribution in [-0.4, -0.2) is 0 Å². The summed E-state index contributed by atoms with van der Waals surface area (Å²) < 4.78 is 0. The summed E-state index contributed by atoms with van der Waals surface area (Å²) in [5, 5.41) is 0. The molecule has 0 aliphatic rings. The van der Waals surface area contributed by atoms with Gasteiger partial charge >= 0.3 is 0 Å². The molecule has 0 fully saturated rings. The minimum atomic E-state index is 0.275. The van der Waals surface area contributed by atoms with Gasteiger partial charge in [0, 0.05) is 0 Å². The largest absolute Gasteiger partial charge is 0.0993 e. The molecule has 0 saturated heterocycles. The van der Waals surface area contributed by atoms with E-state index in [1.165, 1.54) is 18.4 Å². The second-order valence-electron chi connectivity index (χ2n) is 6.66. The third kappa shape index (κ3) is 4.83. The molecule has 0 radical (unpaired) electrons. The van der Waals surface area contributed by atoms with E-state index in [2.05, 4.69) is 55.0 Å². The van der Waals surface area contributed by atoms with E-state index in [0.29, 0.717) is 5.41 Å². The highest BCUT2D eigenvalue weighted by atomic mass is 14.3. The van der Waals surface area contributed by atoms with Crippen molar-refractivity contribution in [2.24, 2.45) is 16.7 Å². The van der Waals surface area contributed by atoms with Crippen molar-refractivity contribution in [3.63, 3.8) is 0 Å². The van der Waals surface area contributed by atoms with Gasteiger partial charge in [-0.15, -0.1) is 0 Å². The standard InChI is InChI=1S/C14H28/c1-11(13(3,4)5)9-10-12(2)14(6,7)8/h12H,1,9-10H2,2-8H3. The molecule has 0 spiro atoms. The van der Waals surface area contributed by atoms with Gasteiger partial charge in [0.15, 0.2) is 0 Å². The van der Waals surface area contributed by atoms with Gasteiger partial charge in [-0.3, -0.25) is 0 Å². The molecule has 0 nitrogen and oxygen atoms in total. The van der Waals surface area contributed by atoms with Crippen LogP contribution in [0, 0.1) is 16.7 Å². The van der Waals surface area contributed by atoms with E-state index in [1.54, 1.807) is 0 Å². The predicted molar refractivity (Wildman–Crippen MR) is 66.4 cm³/mol. The first-order valence-corrected chi connectivity index (χ1v) is 5.73. The lowest BCUT2D eigenvalue weighted by Crippen LogP contribution is -2.18. The minimum Gasteiger partial charge on any atom is -0.0993 e. The summed E-state index contributed by atoms with van der Waals surface area (Å²) in [6.45, 7) is 20.2. The normalized spacial score (nSPS) is 15.4. The second-order valence-corrected chi connectivity index (χ2v) is 6.66. The van der Waals surface area contributed by atoms with Crippen molar-refractivity contribution in [2.45, 2.75) is 61.3 Å². The van der Waals surface area contributed by atoms with Gasteiger partial charge < -0.3 is 0 Å². The summed E-state index contributed by atoms with van der Waals surface area (Å²) in [7, 11) is 0. The lowest BCUT2D eigenvalue weighted by atomic mass is 9.76. The molecular weight excluding hydrogens is 168 g/mol. The van der Waals surface area contributed by atoms with Gasteiger partial charge in [0.05, 0.1) is 0 Å². The van der Waals surface area contributed by atoms with Gasteiger partial charge in [-0.25, -0.2) is 0 Å². The van der Waals surface area contributed by atoms with Crippen LogP contribution in [0.15, 0.2) is 12.2 Å². The van der Waals surface area contributed by atoms with Crippen molar-refractivity contribution >= 4 is 0 Å². The van der Waals surface area contributed by atoms with Gasteiger partial charge in [0.1, 0.15) is 0 Å². The Bertz CT molecular complexity index is 185. The van der Waals surface area contributed by atoms with Crippen LogP contribution in [0.1, 0.15) is 61.3 Å². The average Bonchev–Trinajstić information content (AvgIpc) is 1.95. The van der Waals surface area contributed by atoms with E-state index in [4.69, 9.17) is 0 Å². The number of hydrogen-bond acceptors (Lipinski definition) is 0. The number of hydrogen-bond donors (Lipinski definition) is 0. The summed E-state index contributed by atoms with van der Waals surface area (Å²) in [6, 6.07) is 0. The topological polar surface area (TPSA) is 0 Å². The summed E-state index contributed by atoms with van der Waals surface area (Å²) >= 11 is 0. The fraction of sp³-hybridized carbons (Fsp3) is 0.857. The molecule has 0 rings (SSSR count). The van der Waals surface area contributed by atoms with Crippen LogP contribution >= 0.6 is 0 Å². The van der Waals surface area contributed by atoms with Gasteiger partial charge in [0.2, 0.25) is 0 Å². The van der Waals surface area contributed by atoms with Crippen LogP contribution in [0.5, 0.6) is 0 Å². The zero-order valence-corrected chi connectivity index (χ0v) is 11.2. The van der Waals surface area contributed by atoms with Gasteiger partial charge in [0.25, 0.3) is 0 Å². The first-order valence-electron chi connectivity index (χ1n) is 5.73. The quantitative estimate of drug-likeness (QED) is 0.554. The van der Waals surface area contributed by atoms with E-state index in [9.17, 15) is 0 Å². The molecule has 14 heavy (non-hydrogen) atoms. The van der Waals surface area contributed by atoms with E-state index < -0.39 is 0 Å². The van der Waals surface area contributed by atoms with Crippen molar-refractivity contribution in [2.75, 3.05) is 0 Å². The molecule has 84 valence electrons. The van der Waals surface area contributed by atoms with Gasteiger partial charge in [-0.05, 0) is 29.6 Å². The van der Waals surface area contributed by atoms with Crippen LogP contribution in [0.2, 0.25) is 0 Å². The molecule has 0 aliphatic carbocycles. The lowest BCUT2D eigenvalue weighted by Gasteiger charge is -2.29. The molecule has 0 aromatic carbocycles. The van der Waals surface area contributed by atoms with Crippen LogP contribution in [0.4, 0.5) is 0 Å². The molecule has 0 saturated carbocycles. The van der Waals surface area contributed by atoms with Crippen molar-refractivity contribution < 1.29 is 0 Å². The molecule has 0 heteroatoms. The zero-order valence-electron chi connectivity index (χ0n) is 11.2. The molecule has 0 amide bonds. The molecule has 1 atom stereocenters. The third-order valence-corrected chi connectivity index (χ3v) is 3.42. The fourth-order valence-corrected chi connectivity index (χ4v) is 1.20. The number of allylic oxidation sites excluding steroid dienone is 1. The minimum absolute atomic E-state index is 0.275. The fourth-order valence-electron chi connectivity index (χ4n) is 1.20. The highest BCUT2D eigenvalue weighted by Crippen LogP contribution is 2.33. The lowest BCUT2D eigenvalue weighted by molar-refractivity contribution is 0.243.